The third kappa shape index (κ3) is 6.60. The number of fused-ring (bicyclic) bond motifs is 2. The van der Waals surface area contributed by atoms with Crippen LogP contribution < -0.4 is 22.1 Å². The second kappa shape index (κ2) is 12.9. The van der Waals surface area contributed by atoms with Crippen LogP contribution in [0.4, 0.5) is 17.5 Å². The average molecular weight is 560 g/mol. The van der Waals surface area contributed by atoms with Crippen molar-refractivity contribution >= 4 is 57.1 Å². The molecular weight excluding hydrogens is 526 g/mol. The molecular formula is C29H33N7O5. The summed E-state index contributed by atoms with van der Waals surface area (Å²) in [5.41, 5.74) is 15.2. The summed E-state index contributed by atoms with van der Waals surface area (Å²) in [6.07, 6.45) is 1.74. The molecule has 4 aromatic rings. The van der Waals surface area contributed by atoms with Gasteiger partial charge in [-0.2, -0.15) is 9.97 Å². The van der Waals surface area contributed by atoms with Gasteiger partial charge in [-0.1, -0.05) is 24.3 Å². The monoisotopic (exact) mass is 559 g/mol. The molecule has 1 atom stereocenters. The van der Waals surface area contributed by atoms with Crippen LogP contribution in [0.3, 0.4) is 0 Å². The van der Waals surface area contributed by atoms with Gasteiger partial charge in [0.05, 0.1) is 18.6 Å². The van der Waals surface area contributed by atoms with Crippen LogP contribution >= 0.6 is 0 Å². The van der Waals surface area contributed by atoms with Gasteiger partial charge in [-0.3, -0.25) is 9.59 Å². The molecule has 2 aromatic carbocycles. The minimum absolute atomic E-state index is 0.0323. The molecule has 0 saturated carbocycles. The van der Waals surface area contributed by atoms with Gasteiger partial charge in [0, 0.05) is 35.8 Å². The lowest BCUT2D eigenvalue weighted by molar-refractivity contribution is -0.146. The molecule has 2 aromatic heterocycles. The molecule has 0 aliphatic carbocycles. The summed E-state index contributed by atoms with van der Waals surface area (Å²) in [6.45, 7) is 6.10. The van der Waals surface area contributed by atoms with Gasteiger partial charge in [-0.15, -0.1) is 0 Å². The average Bonchev–Trinajstić information content (AvgIpc) is 2.94. The summed E-state index contributed by atoms with van der Waals surface area (Å²) >= 11 is 0. The fourth-order valence-electron chi connectivity index (χ4n) is 4.58. The number of nitrogens with one attached hydrogen (secondary N) is 2. The lowest BCUT2D eigenvalue weighted by Gasteiger charge is -2.18. The molecule has 0 fully saturated rings. The van der Waals surface area contributed by atoms with E-state index in [0.717, 1.165) is 22.2 Å². The van der Waals surface area contributed by atoms with Crippen LogP contribution in [0.1, 0.15) is 48.2 Å². The Labute approximate surface area is 236 Å². The van der Waals surface area contributed by atoms with Crippen LogP contribution in [-0.2, 0) is 25.6 Å². The number of nitrogens with zero attached hydrogens (tertiary/aromatic N) is 3. The van der Waals surface area contributed by atoms with Crippen molar-refractivity contribution in [3.8, 4) is 0 Å². The first-order valence-electron chi connectivity index (χ1n) is 13.3. The molecule has 41 heavy (non-hydrogen) atoms. The summed E-state index contributed by atoms with van der Waals surface area (Å²) < 4.78 is 10.1. The number of rotatable bonds is 11. The molecule has 0 saturated heterocycles. The zero-order valence-electron chi connectivity index (χ0n) is 23.2. The summed E-state index contributed by atoms with van der Waals surface area (Å²) in [7, 11) is 0. The first-order chi connectivity index (χ1) is 19.7. The van der Waals surface area contributed by atoms with Crippen molar-refractivity contribution in [2.75, 3.05) is 30.0 Å². The highest BCUT2D eigenvalue weighted by molar-refractivity contribution is 6.11. The number of aryl methyl sites for hydroxylation is 1. The van der Waals surface area contributed by atoms with E-state index in [-0.39, 0.29) is 37.8 Å². The number of hydrogen-bond donors (Lipinski definition) is 4. The quantitative estimate of drug-likeness (QED) is 0.198. The van der Waals surface area contributed by atoms with Crippen LogP contribution in [0.15, 0.2) is 42.6 Å². The number of pyridine rings is 1. The van der Waals surface area contributed by atoms with E-state index in [1.54, 1.807) is 32.2 Å². The molecule has 0 aliphatic rings. The summed E-state index contributed by atoms with van der Waals surface area (Å²) in [4.78, 5) is 50.4. The van der Waals surface area contributed by atoms with Gasteiger partial charge in [0.15, 0.2) is 5.65 Å². The summed E-state index contributed by atoms with van der Waals surface area (Å²) in [6, 6.07) is 9.93. The van der Waals surface area contributed by atoms with E-state index in [2.05, 4.69) is 25.6 Å². The Morgan fingerprint density at radius 1 is 0.976 bits per heavy atom. The predicted octanol–water partition coefficient (Wildman–Crippen LogP) is 3.27. The van der Waals surface area contributed by atoms with E-state index >= 15 is 0 Å². The Kier molecular flexibility index (Phi) is 9.12. The number of amides is 1. The van der Waals surface area contributed by atoms with Gasteiger partial charge < -0.3 is 31.6 Å². The highest BCUT2D eigenvalue weighted by Crippen LogP contribution is 2.29. The van der Waals surface area contributed by atoms with E-state index in [9.17, 15) is 14.4 Å². The molecule has 2 heterocycles. The van der Waals surface area contributed by atoms with Crippen molar-refractivity contribution in [1.82, 2.24) is 20.3 Å². The number of esters is 2. The van der Waals surface area contributed by atoms with E-state index < -0.39 is 23.9 Å². The zero-order chi connectivity index (χ0) is 29.5. The molecule has 0 spiro atoms. The summed E-state index contributed by atoms with van der Waals surface area (Å²) in [5.74, 6) is -1.19. The van der Waals surface area contributed by atoms with Gasteiger partial charge in [0.2, 0.25) is 5.95 Å². The third-order valence-electron chi connectivity index (χ3n) is 6.59. The molecule has 0 bridgehead atoms. The predicted molar refractivity (Wildman–Crippen MR) is 156 cm³/mol. The normalized spacial score (nSPS) is 11.7. The standard InChI is InChI=1S/C29H33N7O5/c1-4-40-23(37)13-12-22(28(39)41-5-2)34-27(38)20-10-11-21(19-9-7-6-8-18(19)20)32-14-17-15-33-26-24(16(17)3)25(30)35-29(31)36-26/h6-11,15,22,32H,4-5,12-14H2,1-3H3,(H,34,38)(H4,30,31,33,35,36)/t22-/m0/s1. The van der Waals surface area contributed by atoms with Crippen molar-refractivity contribution in [2.24, 2.45) is 0 Å². The second-order valence-electron chi connectivity index (χ2n) is 9.26. The molecule has 214 valence electrons. The minimum atomic E-state index is -1.00. The number of carbonyl (C=O) groups is 3. The van der Waals surface area contributed by atoms with Crippen molar-refractivity contribution in [2.45, 2.75) is 46.2 Å². The Balaban J connectivity index is 1.57. The number of nitrogen functional groups attached to an aromatic ring is 2. The van der Waals surface area contributed by atoms with E-state index in [1.165, 1.54) is 0 Å². The molecule has 1 amide bonds. The molecule has 12 heteroatoms. The number of aromatic nitrogens is 3. The van der Waals surface area contributed by atoms with Gasteiger partial charge in [0.25, 0.3) is 5.91 Å². The van der Waals surface area contributed by atoms with Crippen molar-refractivity contribution in [1.29, 1.82) is 0 Å². The fourth-order valence-corrected chi connectivity index (χ4v) is 4.58. The number of hydrogen-bond acceptors (Lipinski definition) is 11. The maximum atomic E-state index is 13.4. The number of ether oxygens (including phenoxy) is 2. The molecule has 12 nitrogen and oxygen atoms in total. The molecule has 0 radical (unpaired) electrons. The Morgan fingerprint density at radius 3 is 2.44 bits per heavy atom. The van der Waals surface area contributed by atoms with E-state index in [4.69, 9.17) is 20.9 Å². The number of anilines is 3. The van der Waals surface area contributed by atoms with E-state index in [1.807, 2.05) is 31.2 Å². The topological polar surface area (TPSA) is 184 Å². The number of carbonyl (C=O) groups excluding carboxylic acids is 3. The van der Waals surface area contributed by atoms with Crippen LogP contribution in [0.25, 0.3) is 21.8 Å². The Morgan fingerprint density at radius 2 is 1.71 bits per heavy atom. The Bertz CT molecular complexity index is 1610. The van der Waals surface area contributed by atoms with E-state index in [0.29, 0.717) is 28.5 Å². The van der Waals surface area contributed by atoms with Crippen molar-refractivity contribution in [3.63, 3.8) is 0 Å². The highest BCUT2D eigenvalue weighted by Gasteiger charge is 2.25. The van der Waals surface area contributed by atoms with Crippen LogP contribution in [0.2, 0.25) is 0 Å². The second-order valence-corrected chi connectivity index (χ2v) is 9.26. The van der Waals surface area contributed by atoms with Crippen molar-refractivity contribution in [3.05, 3.63) is 59.3 Å². The maximum absolute atomic E-state index is 13.4. The molecule has 0 unspecified atom stereocenters. The van der Waals surface area contributed by atoms with Crippen LogP contribution in [0.5, 0.6) is 0 Å². The summed E-state index contributed by atoms with van der Waals surface area (Å²) in [5, 5.41) is 8.30. The smallest absolute Gasteiger partial charge is 0.328 e. The first-order valence-corrected chi connectivity index (χ1v) is 13.3. The molecule has 0 aliphatic heterocycles. The lowest BCUT2D eigenvalue weighted by atomic mass is 10.0. The largest absolute Gasteiger partial charge is 0.466 e. The van der Waals surface area contributed by atoms with Gasteiger partial charge in [0.1, 0.15) is 11.9 Å². The third-order valence-corrected chi connectivity index (χ3v) is 6.59. The zero-order valence-corrected chi connectivity index (χ0v) is 23.2. The maximum Gasteiger partial charge on any atom is 0.328 e. The van der Waals surface area contributed by atoms with Crippen molar-refractivity contribution < 1.29 is 23.9 Å². The lowest BCUT2D eigenvalue weighted by Crippen LogP contribution is -2.42. The van der Waals surface area contributed by atoms with Crippen LogP contribution in [0, 0.1) is 6.92 Å². The molecule has 4 rings (SSSR count). The molecule has 6 N–H and O–H groups in total. The Hall–Kier alpha value is -5.00. The SMILES string of the molecule is CCOC(=O)CC[C@H](NC(=O)c1ccc(NCc2cnc3nc(N)nc(N)c3c2C)c2ccccc12)C(=O)OCC. The van der Waals surface area contributed by atoms with Crippen LogP contribution in [-0.4, -0.2) is 52.1 Å². The minimum Gasteiger partial charge on any atom is -0.466 e. The fraction of sp³-hybridized carbons (Fsp3) is 0.310. The number of nitrogens with two attached hydrogens (primary N) is 2. The van der Waals surface area contributed by atoms with Gasteiger partial charge in [-0.05, 0) is 55.8 Å². The first kappa shape index (κ1) is 29.0. The van der Waals surface area contributed by atoms with Gasteiger partial charge in [-0.25, -0.2) is 9.78 Å². The highest BCUT2D eigenvalue weighted by atomic mass is 16.5. The number of benzene rings is 2. The van der Waals surface area contributed by atoms with Gasteiger partial charge >= 0.3 is 11.9 Å².